The number of carbonyl (C=O) groups is 1. The van der Waals surface area contributed by atoms with Crippen LogP contribution >= 0.6 is 27.5 Å². The first kappa shape index (κ1) is 9.75. The molecule has 0 saturated carbocycles. The molecule has 0 atom stereocenters. The lowest BCUT2D eigenvalue weighted by atomic mass is 10.1. The summed E-state index contributed by atoms with van der Waals surface area (Å²) in [5.74, 6) is 0. The van der Waals surface area contributed by atoms with Gasteiger partial charge in [0.05, 0.1) is 0 Å². The first-order chi connectivity index (χ1) is 5.74. The third kappa shape index (κ3) is 2.61. The minimum Gasteiger partial charge on any atom is -0.276 e. The lowest BCUT2D eigenvalue weighted by molar-refractivity contribution is 0.108. The zero-order valence-corrected chi connectivity index (χ0v) is 8.73. The highest BCUT2D eigenvalue weighted by molar-refractivity contribution is 9.09. The second kappa shape index (κ2) is 4.63. The summed E-state index contributed by atoms with van der Waals surface area (Å²) in [4.78, 5) is 10.7. The van der Waals surface area contributed by atoms with Crippen LogP contribution in [0.1, 0.15) is 15.9 Å². The molecular formula is C9H8BrClO. The van der Waals surface area contributed by atoms with Gasteiger partial charge in [-0.2, -0.15) is 0 Å². The van der Waals surface area contributed by atoms with Crippen LogP contribution in [0.2, 0.25) is 0 Å². The molecule has 0 aromatic heterocycles. The Hall–Kier alpha value is -0.340. The van der Waals surface area contributed by atoms with E-state index >= 15 is 0 Å². The van der Waals surface area contributed by atoms with Crippen molar-refractivity contribution in [2.75, 3.05) is 5.33 Å². The molecule has 0 N–H and O–H groups in total. The number of alkyl halides is 1. The van der Waals surface area contributed by atoms with Crippen LogP contribution in [-0.2, 0) is 6.42 Å². The molecule has 12 heavy (non-hydrogen) atoms. The Balaban J connectivity index is 2.78. The Bertz CT molecular complexity index is 268. The van der Waals surface area contributed by atoms with E-state index in [9.17, 15) is 4.79 Å². The number of carbonyl (C=O) groups excluding carboxylic acids is 1. The first-order valence-corrected chi connectivity index (χ1v) is 5.08. The summed E-state index contributed by atoms with van der Waals surface area (Å²) >= 11 is 8.62. The summed E-state index contributed by atoms with van der Waals surface area (Å²) in [6.07, 6.45) is 0.969. The van der Waals surface area contributed by atoms with Crippen molar-refractivity contribution in [1.29, 1.82) is 0 Å². The zero-order valence-electron chi connectivity index (χ0n) is 6.39. The van der Waals surface area contributed by atoms with Crippen molar-refractivity contribution < 1.29 is 4.79 Å². The molecule has 1 rings (SSSR count). The normalized spacial score (nSPS) is 9.83. The van der Waals surface area contributed by atoms with Crippen LogP contribution < -0.4 is 0 Å². The van der Waals surface area contributed by atoms with Crippen molar-refractivity contribution in [3.8, 4) is 0 Å². The van der Waals surface area contributed by atoms with E-state index in [0.717, 1.165) is 11.8 Å². The monoisotopic (exact) mass is 246 g/mol. The molecular weight excluding hydrogens is 239 g/mol. The van der Waals surface area contributed by atoms with Crippen LogP contribution in [-0.4, -0.2) is 10.6 Å². The molecule has 0 aliphatic rings. The maximum absolute atomic E-state index is 10.7. The number of rotatable bonds is 3. The van der Waals surface area contributed by atoms with Crippen LogP contribution in [0.5, 0.6) is 0 Å². The second-order valence-corrected chi connectivity index (χ2v) is 3.55. The highest BCUT2D eigenvalue weighted by Gasteiger charge is 1.99. The lowest BCUT2D eigenvalue weighted by Gasteiger charge is -1.97. The summed E-state index contributed by atoms with van der Waals surface area (Å²) in [5.41, 5.74) is 1.75. The van der Waals surface area contributed by atoms with E-state index in [1.165, 1.54) is 5.56 Å². The smallest absolute Gasteiger partial charge is 0.252 e. The Morgan fingerprint density at radius 2 is 1.92 bits per heavy atom. The van der Waals surface area contributed by atoms with E-state index in [1.807, 2.05) is 12.1 Å². The predicted octanol–water partition coefficient (Wildman–Crippen LogP) is 3.00. The van der Waals surface area contributed by atoms with Crippen molar-refractivity contribution in [2.45, 2.75) is 6.42 Å². The molecule has 1 aromatic carbocycles. The van der Waals surface area contributed by atoms with E-state index in [4.69, 9.17) is 11.6 Å². The van der Waals surface area contributed by atoms with Gasteiger partial charge in [0.25, 0.3) is 5.24 Å². The van der Waals surface area contributed by atoms with Gasteiger partial charge in [-0.15, -0.1) is 0 Å². The van der Waals surface area contributed by atoms with Crippen LogP contribution in [0.3, 0.4) is 0 Å². The molecule has 0 aliphatic carbocycles. The molecule has 0 heterocycles. The van der Waals surface area contributed by atoms with E-state index in [0.29, 0.717) is 5.56 Å². The fourth-order valence-corrected chi connectivity index (χ4v) is 1.50. The molecule has 64 valence electrons. The van der Waals surface area contributed by atoms with Crippen molar-refractivity contribution in [2.24, 2.45) is 0 Å². The molecule has 0 aliphatic heterocycles. The Kier molecular flexibility index (Phi) is 3.76. The zero-order chi connectivity index (χ0) is 8.97. The van der Waals surface area contributed by atoms with Crippen LogP contribution in [0.25, 0.3) is 0 Å². The Morgan fingerprint density at radius 3 is 2.33 bits per heavy atom. The van der Waals surface area contributed by atoms with Crippen molar-refractivity contribution in [3.05, 3.63) is 35.4 Å². The quantitative estimate of drug-likeness (QED) is 0.593. The third-order valence-corrected chi connectivity index (χ3v) is 2.18. The molecule has 0 fully saturated rings. The fraction of sp³-hybridized carbons (Fsp3) is 0.222. The Labute approximate surface area is 84.9 Å². The fourth-order valence-electron chi connectivity index (χ4n) is 0.912. The summed E-state index contributed by atoms with van der Waals surface area (Å²) in [7, 11) is 0. The summed E-state index contributed by atoms with van der Waals surface area (Å²) in [6, 6.07) is 7.31. The van der Waals surface area contributed by atoms with Gasteiger partial charge < -0.3 is 0 Å². The molecule has 0 spiro atoms. The first-order valence-electron chi connectivity index (χ1n) is 3.59. The van der Waals surface area contributed by atoms with E-state index in [1.54, 1.807) is 12.1 Å². The molecule has 1 nitrogen and oxygen atoms in total. The van der Waals surface area contributed by atoms with Gasteiger partial charge in [-0.25, -0.2) is 0 Å². The molecule has 0 amide bonds. The molecule has 0 radical (unpaired) electrons. The van der Waals surface area contributed by atoms with E-state index in [2.05, 4.69) is 15.9 Å². The average Bonchev–Trinajstić information content (AvgIpc) is 2.06. The number of halogens is 2. The van der Waals surface area contributed by atoms with Crippen LogP contribution in [0.15, 0.2) is 24.3 Å². The van der Waals surface area contributed by atoms with Gasteiger partial charge >= 0.3 is 0 Å². The third-order valence-electron chi connectivity index (χ3n) is 1.56. The summed E-state index contributed by atoms with van der Waals surface area (Å²) < 4.78 is 0. The summed E-state index contributed by atoms with van der Waals surface area (Å²) in [5, 5.41) is 0.529. The van der Waals surface area contributed by atoms with Gasteiger partial charge in [0.2, 0.25) is 0 Å². The van der Waals surface area contributed by atoms with Crippen LogP contribution in [0.4, 0.5) is 0 Å². The highest BCUT2D eigenvalue weighted by Crippen LogP contribution is 2.08. The minimum atomic E-state index is -0.402. The van der Waals surface area contributed by atoms with Gasteiger partial charge in [0, 0.05) is 10.9 Å². The van der Waals surface area contributed by atoms with Crippen molar-refractivity contribution in [3.63, 3.8) is 0 Å². The van der Waals surface area contributed by atoms with Crippen LogP contribution in [0, 0.1) is 0 Å². The van der Waals surface area contributed by atoms with E-state index in [-0.39, 0.29) is 0 Å². The number of aryl methyl sites for hydroxylation is 1. The SMILES string of the molecule is O=C(Cl)c1ccc(CCBr)cc1. The van der Waals surface area contributed by atoms with Gasteiger partial charge in [0.15, 0.2) is 0 Å². The topological polar surface area (TPSA) is 17.1 Å². The average molecular weight is 248 g/mol. The standard InChI is InChI=1S/C9H8BrClO/c10-6-5-7-1-3-8(4-2-7)9(11)12/h1-4H,5-6H2. The van der Waals surface area contributed by atoms with Gasteiger partial charge in [-0.3, -0.25) is 4.79 Å². The molecule has 0 bridgehead atoms. The second-order valence-electron chi connectivity index (χ2n) is 2.41. The molecule has 0 saturated heterocycles. The van der Waals surface area contributed by atoms with Crippen molar-refractivity contribution >= 4 is 32.8 Å². The molecule has 0 unspecified atom stereocenters. The number of hydrogen-bond donors (Lipinski definition) is 0. The maximum Gasteiger partial charge on any atom is 0.252 e. The van der Waals surface area contributed by atoms with Gasteiger partial charge in [0.1, 0.15) is 0 Å². The number of hydrogen-bond acceptors (Lipinski definition) is 1. The minimum absolute atomic E-state index is 0.402. The lowest BCUT2D eigenvalue weighted by Crippen LogP contribution is -1.90. The highest BCUT2D eigenvalue weighted by atomic mass is 79.9. The maximum atomic E-state index is 10.7. The largest absolute Gasteiger partial charge is 0.276 e. The van der Waals surface area contributed by atoms with Gasteiger partial charge in [-0.1, -0.05) is 28.1 Å². The molecule has 3 heteroatoms. The summed E-state index contributed by atoms with van der Waals surface area (Å²) in [6.45, 7) is 0. The molecule has 1 aromatic rings. The number of benzene rings is 1. The Morgan fingerprint density at radius 1 is 1.33 bits per heavy atom. The van der Waals surface area contributed by atoms with Gasteiger partial charge in [-0.05, 0) is 35.7 Å². The van der Waals surface area contributed by atoms with E-state index < -0.39 is 5.24 Å². The van der Waals surface area contributed by atoms with Crippen molar-refractivity contribution in [1.82, 2.24) is 0 Å². The predicted molar refractivity (Wildman–Crippen MR) is 54.1 cm³/mol.